The summed E-state index contributed by atoms with van der Waals surface area (Å²) in [5.41, 5.74) is 1.55. The Balaban J connectivity index is 1.91. The van der Waals surface area contributed by atoms with Crippen molar-refractivity contribution in [2.45, 2.75) is 37.5 Å². The fourth-order valence-electron chi connectivity index (χ4n) is 2.32. The summed E-state index contributed by atoms with van der Waals surface area (Å²) in [6, 6.07) is 10.0. The van der Waals surface area contributed by atoms with Crippen molar-refractivity contribution in [2.24, 2.45) is 0 Å². The number of nitrogens with one attached hydrogen (secondary N) is 2. The number of carbonyl (C=O) groups excluding carboxylic acids is 1. The molecule has 0 spiro atoms. The predicted molar refractivity (Wildman–Crippen MR) is 98.3 cm³/mol. The van der Waals surface area contributed by atoms with Gasteiger partial charge in [-0.2, -0.15) is 11.8 Å². The molecule has 1 aromatic carbocycles. The van der Waals surface area contributed by atoms with Crippen molar-refractivity contribution in [3.8, 4) is 0 Å². The van der Waals surface area contributed by atoms with Gasteiger partial charge in [-0.1, -0.05) is 18.2 Å². The zero-order valence-electron chi connectivity index (χ0n) is 13.8. The number of fused-ring (bicyclic) bond motifs is 1. The molecule has 1 aromatic heterocycles. The lowest BCUT2D eigenvalue weighted by Crippen LogP contribution is -2.27. The van der Waals surface area contributed by atoms with Gasteiger partial charge in [0, 0.05) is 22.7 Å². The van der Waals surface area contributed by atoms with E-state index in [2.05, 4.69) is 35.7 Å². The average molecular weight is 329 g/mol. The summed E-state index contributed by atoms with van der Waals surface area (Å²) >= 11 is 1.81. The topological polar surface area (TPSA) is 54.0 Å². The molecule has 2 aromatic rings. The number of hydrogen-bond acceptors (Lipinski definition) is 4. The Bertz CT molecular complexity index is 725. The second kappa shape index (κ2) is 6.40. The van der Waals surface area contributed by atoms with Crippen molar-refractivity contribution < 1.29 is 4.79 Å². The number of carbonyl (C=O) groups is 1. The number of benzene rings is 1. The SMILES string of the molecule is CSC(C)(C)CNc1cc(C(=O)NC2CC2)c2ccccc2n1. The van der Waals surface area contributed by atoms with Gasteiger partial charge in [0.1, 0.15) is 5.82 Å². The van der Waals surface area contributed by atoms with E-state index in [9.17, 15) is 4.79 Å². The van der Waals surface area contributed by atoms with Crippen molar-refractivity contribution in [3.63, 3.8) is 0 Å². The standard InChI is InChI=1S/C18H23N3OS/c1-18(2,23-3)11-19-16-10-14(17(22)20-12-8-9-12)13-6-4-5-7-15(13)21-16/h4-7,10,12H,8-9,11H2,1-3H3,(H,19,21)(H,20,22). The first-order valence-electron chi connectivity index (χ1n) is 7.98. The number of rotatable bonds is 6. The highest BCUT2D eigenvalue weighted by molar-refractivity contribution is 7.99. The monoisotopic (exact) mass is 329 g/mol. The van der Waals surface area contributed by atoms with Gasteiger partial charge in [0.05, 0.1) is 11.1 Å². The summed E-state index contributed by atoms with van der Waals surface area (Å²) in [6.45, 7) is 5.17. The van der Waals surface area contributed by atoms with Crippen LogP contribution < -0.4 is 10.6 Å². The van der Waals surface area contributed by atoms with Gasteiger partial charge in [-0.05, 0) is 45.1 Å². The quantitative estimate of drug-likeness (QED) is 0.849. The highest BCUT2D eigenvalue weighted by Crippen LogP contribution is 2.25. The molecule has 122 valence electrons. The molecule has 3 rings (SSSR count). The first-order valence-corrected chi connectivity index (χ1v) is 9.21. The van der Waals surface area contributed by atoms with Gasteiger partial charge in [0.25, 0.3) is 5.91 Å². The first-order chi connectivity index (χ1) is 11.0. The van der Waals surface area contributed by atoms with Crippen LogP contribution in [0.4, 0.5) is 5.82 Å². The molecule has 0 bridgehead atoms. The van der Waals surface area contributed by atoms with Gasteiger partial charge in [0.15, 0.2) is 0 Å². The third kappa shape index (κ3) is 3.96. The van der Waals surface area contributed by atoms with E-state index in [4.69, 9.17) is 0 Å². The summed E-state index contributed by atoms with van der Waals surface area (Å²) in [5, 5.41) is 7.36. The van der Waals surface area contributed by atoms with E-state index in [-0.39, 0.29) is 10.7 Å². The van der Waals surface area contributed by atoms with Crippen LogP contribution in [0.15, 0.2) is 30.3 Å². The molecule has 0 unspecified atom stereocenters. The van der Waals surface area contributed by atoms with Gasteiger partial charge in [-0.3, -0.25) is 4.79 Å². The van der Waals surface area contributed by atoms with Crippen LogP contribution >= 0.6 is 11.8 Å². The van der Waals surface area contributed by atoms with Crippen molar-refractivity contribution in [1.29, 1.82) is 0 Å². The third-order valence-corrected chi connectivity index (χ3v) is 5.37. The highest BCUT2D eigenvalue weighted by Gasteiger charge is 2.25. The lowest BCUT2D eigenvalue weighted by molar-refractivity contribution is 0.0952. The smallest absolute Gasteiger partial charge is 0.252 e. The Morgan fingerprint density at radius 3 is 2.78 bits per heavy atom. The number of pyridine rings is 1. The maximum atomic E-state index is 12.5. The second-order valence-electron chi connectivity index (χ2n) is 6.64. The van der Waals surface area contributed by atoms with E-state index in [1.807, 2.05) is 42.1 Å². The lowest BCUT2D eigenvalue weighted by atomic mass is 10.1. The molecule has 1 fully saturated rings. The van der Waals surface area contributed by atoms with E-state index in [0.717, 1.165) is 36.1 Å². The molecule has 5 heteroatoms. The van der Waals surface area contributed by atoms with Crippen LogP contribution in [-0.2, 0) is 0 Å². The average Bonchev–Trinajstić information content (AvgIpc) is 3.36. The summed E-state index contributed by atoms with van der Waals surface area (Å²) in [7, 11) is 0. The molecule has 0 saturated heterocycles. The summed E-state index contributed by atoms with van der Waals surface area (Å²) < 4.78 is 0.115. The molecule has 23 heavy (non-hydrogen) atoms. The molecule has 0 atom stereocenters. The zero-order valence-corrected chi connectivity index (χ0v) is 14.7. The summed E-state index contributed by atoms with van der Waals surface area (Å²) in [5.74, 6) is 0.755. The maximum Gasteiger partial charge on any atom is 0.252 e. The fraction of sp³-hybridized carbons (Fsp3) is 0.444. The highest BCUT2D eigenvalue weighted by atomic mass is 32.2. The number of nitrogens with zero attached hydrogens (tertiary/aromatic N) is 1. The maximum absolute atomic E-state index is 12.5. The minimum absolute atomic E-state index is 0.00160. The van der Waals surface area contributed by atoms with Gasteiger partial charge >= 0.3 is 0 Å². The Hall–Kier alpha value is -1.75. The molecule has 1 saturated carbocycles. The van der Waals surface area contributed by atoms with E-state index >= 15 is 0 Å². The van der Waals surface area contributed by atoms with E-state index in [0.29, 0.717) is 11.6 Å². The van der Waals surface area contributed by atoms with Crippen LogP contribution in [0.5, 0.6) is 0 Å². The number of anilines is 1. The van der Waals surface area contributed by atoms with E-state index in [1.54, 1.807) is 0 Å². The van der Waals surface area contributed by atoms with Crippen LogP contribution in [0.2, 0.25) is 0 Å². The molecule has 0 aliphatic heterocycles. The Morgan fingerprint density at radius 1 is 1.35 bits per heavy atom. The van der Waals surface area contributed by atoms with Gasteiger partial charge in [-0.15, -0.1) is 0 Å². The predicted octanol–water partition coefficient (Wildman–Crippen LogP) is 3.68. The van der Waals surface area contributed by atoms with Crippen LogP contribution in [0.1, 0.15) is 37.0 Å². The molecule has 0 radical (unpaired) electrons. The Labute approximate surface area is 141 Å². The number of thioether (sulfide) groups is 1. The molecule has 1 aliphatic carbocycles. The minimum atomic E-state index is -0.00160. The number of para-hydroxylation sites is 1. The van der Waals surface area contributed by atoms with Crippen molar-refractivity contribution in [1.82, 2.24) is 10.3 Å². The van der Waals surface area contributed by atoms with Gasteiger partial charge in [-0.25, -0.2) is 4.98 Å². The normalized spacial score (nSPS) is 14.7. The number of amides is 1. The van der Waals surface area contributed by atoms with Crippen molar-refractivity contribution >= 4 is 34.4 Å². The largest absolute Gasteiger partial charge is 0.369 e. The summed E-state index contributed by atoms with van der Waals surface area (Å²) in [6.07, 6.45) is 4.27. The van der Waals surface area contributed by atoms with Crippen LogP contribution in [-0.4, -0.2) is 34.5 Å². The molecule has 2 N–H and O–H groups in total. The summed E-state index contributed by atoms with van der Waals surface area (Å²) in [4.78, 5) is 17.2. The van der Waals surface area contributed by atoms with E-state index in [1.165, 1.54) is 0 Å². The van der Waals surface area contributed by atoms with Crippen molar-refractivity contribution in [3.05, 3.63) is 35.9 Å². The number of aromatic nitrogens is 1. The third-order valence-electron chi connectivity index (χ3n) is 4.12. The molecule has 4 nitrogen and oxygen atoms in total. The molecule has 1 aliphatic rings. The van der Waals surface area contributed by atoms with Crippen LogP contribution in [0.25, 0.3) is 10.9 Å². The van der Waals surface area contributed by atoms with Crippen molar-refractivity contribution in [2.75, 3.05) is 18.1 Å². The Kier molecular flexibility index (Phi) is 4.48. The number of hydrogen-bond donors (Lipinski definition) is 2. The van der Waals surface area contributed by atoms with Crippen LogP contribution in [0, 0.1) is 0 Å². The first kappa shape index (κ1) is 16.1. The molecule has 1 heterocycles. The Morgan fingerprint density at radius 2 is 2.09 bits per heavy atom. The van der Waals surface area contributed by atoms with Gasteiger partial charge in [0.2, 0.25) is 0 Å². The minimum Gasteiger partial charge on any atom is -0.369 e. The zero-order chi connectivity index (χ0) is 16.4. The molecule has 1 amide bonds. The van der Waals surface area contributed by atoms with Crippen LogP contribution in [0.3, 0.4) is 0 Å². The second-order valence-corrected chi connectivity index (χ2v) is 8.15. The van der Waals surface area contributed by atoms with Gasteiger partial charge < -0.3 is 10.6 Å². The fourth-order valence-corrected chi connectivity index (χ4v) is 2.54. The lowest BCUT2D eigenvalue weighted by Gasteiger charge is -2.23. The molecular formula is C18H23N3OS. The molecular weight excluding hydrogens is 306 g/mol. The van der Waals surface area contributed by atoms with E-state index < -0.39 is 0 Å².